The number of hydrogen-bond acceptors (Lipinski definition) is 5. The third-order valence-electron chi connectivity index (χ3n) is 5.44. The maximum atomic E-state index is 14.9. The van der Waals surface area contributed by atoms with Crippen molar-refractivity contribution in [3.05, 3.63) is 0 Å². The molecule has 3 fully saturated rings. The van der Waals surface area contributed by atoms with Crippen molar-refractivity contribution in [3.63, 3.8) is 0 Å². The lowest BCUT2D eigenvalue weighted by Crippen LogP contribution is -2.52. The fourth-order valence-electron chi connectivity index (χ4n) is 3.17. The van der Waals surface area contributed by atoms with Crippen molar-refractivity contribution in [1.82, 2.24) is 0 Å². The van der Waals surface area contributed by atoms with E-state index in [1.165, 1.54) is 7.11 Å². The van der Waals surface area contributed by atoms with Gasteiger partial charge in [-0.2, -0.15) is 0 Å². The predicted octanol–water partition coefficient (Wildman–Crippen LogP) is 2.30. The molecule has 3 aliphatic rings. The number of ether oxygens (including phenoxy) is 3. The number of fused-ring (bicyclic) bond motifs is 3. The highest BCUT2D eigenvalue weighted by atomic mass is 28.4. The van der Waals surface area contributed by atoms with Gasteiger partial charge < -0.3 is 23.7 Å². The van der Waals surface area contributed by atoms with E-state index in [9.17, 15) is 9.50 Å². The first-order valence-corrected chi connectivity index (χ1v) is 10.3. The minimum atomic E-state index is -2.27. The summed E-state index contributed by atoms with van der Waals surface area (Å²) in [6, 6.07) is 0. The fraction of sp³-hybridized carbons (Fsp3) is 1.00. The zero-order valence-electron chi connectivity index (χ0n) is 13.5. The smallest absolute Gasteiger partial charge is 0.271 e. The van der Waals surface area contributed by atoms with E-state index in [2.05, 4.69) is 20.8 Å². The summed E-state index contributed by atoms with van der Waals surface area (Å²) < 4.78 is 37.2. The molecule has 2 saturated heterocycles. The number of hydrogen-bond donors (Lipinski definition) is 1. The summed E-state index contributed by atoms with van der Waals surface area (Å²) in [5.74, 6) is -3.42. The lowest BCUT2D eigenvalue weighted by Gasteiger charge is -2.39. The van der Waals surface area contributed by atoms with E-state index >= 15 is 0 Å². The Morgan fingerprint density at radius 1 is 1.33 bits per heavy atom. The molecule has 1 aliphatic carbocycles. The number of epoxide rings is 1. The van der Waals surface area contributed by atoms with Crippen LogP contribution in [0.25, 0.3) is 0 Å². The summed E-state index contributed by atoms with van der Waals surface area (Å²) in [5.41, 5.74) is -1.28. The molecule has 3 rings (SSSR count). The minimum absolute atomic E-state index is 0.0887. The van der Waals surface area contributed by atoms with E-state index in [1.807, 2.05) is 13.1 Å². The van der Waals surface area contributed by atoms with Crippen molar-refractivity contribution in [2.75, 3.05) is 7.11 Å². The van der Waals surface area contributed by atoms with Crippen molar-refractivity contribution >= 4 is 8.32 Å². The molecule has 0 aromatic heterocycles. The van der Waals surface area contributed by atoms with Gasteiger partial charge in [0.2, 0.25) is 0 Å². The lowest BCUT2D eigenvalue weighted by molar-refractivity contribution is -0.179. The molecule has 2 heterocycles. The molecule has 122 valence electrons. The molecule has 21 heavy (non-hydrogen) atoms. The molecule has 0 bridgehead atoms. The van der Waals surface area contributed by atoms with E-state index in [4.69, 9.17) is 18.6 Å². The van der Waals surface area contributed by atoms with Gasteiger partial charge in [0, 0.05) is 20.0 Å². The lowest BCUT2D eigenvalue weighted by atomic mass is 9.96. The van der Waals surface area contributed by atoms with Gasteiger partial charge in [-0.1, -0.05) is 20.8 Å². The Hall–Kier alpha value is -0.0531. The van der Waals surface area contributed by atoms with E-state index < -0.39 is 38.0 Å². The van der Waals surface area contributed by atoms with Crippen LogP contribution in [0.1, 0.15) is 33.6 Å². The topological polar surface area (TPSA) is 60.5 Å². The standard InChI is InChI=1S/C14H25FO5Si/c1-11(2,3)21(5,6)20-14-10-12(16,7-9(17-4)18-10)8-13(14,15)19-14/h9-10,16H,7-8H2,1-6H3/t9-,10-,12+,13-,14-/m0/s1. The average Bonchev–Trinajstić information content (AvgIpc) is 2.61. The summed E-state index contributed by atoms with van der Waals surface area (Å²) in [4.78, 5) is 0. The predicted molar refractivity (Wildman–Crippen MR) is 75.8 cm³/mol. The van der Waals surface area contributed by atoms with Gasteiger partial charge in [-0.3, -0.25) is 0 Å². The first-order chi connectivity index (χ1) is 9.39. The third-order valence-corrected chi connectivity index (χ3v) is 9.87. The van der Waals surface area contributed by atoms with Crippen molar-refractivity contribution in [3.8, 4) is 0 Å². The van der Waals surface area contributed by atoms with Crippen LogP contribution in [0.2, 0.25) is 18.1 Å². The van der Waals surface area contributed by atoms with Crippen LogP contribution in [-0.2, 0) is 18.6 Å². The Labute approximate surface area is 125 Å². The minimum Gasteiger partial charge on any atom is -0.387 e. The Balaban J connectivity index is 1.89. The van der Waals surface area contributed by atoms with Gasteiger partial charge in [0.1, 0.15) is 11.7 Å². The number of methoxy groups -OCH3 is 1. The molecule has 1 N–H and O–H groups in total. The van der Waals surface area contributed by atoms with E-state index in [1.54, 1.807) is 0 Å². The largest absolute Gasteiger partial charge is 0.387 e. The van der Waals surface area contributed by atoms with Crippen LogP contribution in [0.3, 0.4) is 0 Å². The highest BCUT2D eigenvalue weighted by Crippen LogP contribution is 2.69. The van der Waals surface area contributed by atoms with Crippen molar-refractivity contribution in [2.45, 2.75) is 81.4 Å². The van der Waals surface area contributed by atoms with Gasteiger partial charge in [-0.05, 0) is 18.1 Å². The zero-order valence-corrected chi connectivity index (χ0v) is 14.5. The van der Waals surface area contributed by atoms with E-state index in [0.29, 0.717) is 0 Å². The van der Waals surface area contributed by atoms with Crippen LogP contribution >= 0.6 is 0 Å². The average molecular weight is 320 g/mol. The molecule has 0 spiro atoms. The molecule has 1 saturated carbocycles. The number of alkyl halides is 1. The first kappa shape index (κ1) is 15.8. The van der Waals surface area contributed by atoms with Gasteiger partial charge in [0.25, 0.3) is 11.6 Å². The second kappa shape index (κ2) is 4.07. The van der Waals surface area contributed by atoms with Crippen molar-refractivity contribution in [1.29, 1.82) is 0 Å². The second-order valence-electron chi connectivity index (χ2n) is 8.03. The van der Waals surface area contributed by atoms with Gasteiger partial charge in [0.05, 0.1) is 0 Å². The van der Waals surface area contributed by atoms with Crippen LogP contribution in [0, 0.1) is 0 Å². The third kappa shape index (κ3) is 1.98. The van der Waals surface area contributed by atoms with Gasteiger partial charge in [-0.25, -0.2) is 4.39 Å². The molecule has 0 amide bonds. The number of aliphatic hydroxyl groups is 1. The van der Waals surface area contributed by atoms with Gasteiger partial charge in [0.15, 0.2) is 14.6 Å². The monoisotopic (exact) mass is 320 g/mol. The maximum absolute atomic E-state index is 14.9. The van der Waals surface area contributed by atoms with Crippen LogP contribution in [0.5, 0.6) is 0 Å². The second-order valence-corrected chi connectivity index (χ2v) is 12.8. The Morgan fingerprint density at radius 2 is 1.95 bits per heavy atom. The molecular weight excluding hydrogens is 295 g/mol. The maximum Gasteiger partial charge on any atom is 0.271 e. The summed E-state index contributed by atoms with van der Waals surface area (Å²) in [7, 11) is -0.763. The highest BCUT2D eigenvalue weighted by Gasteiger charge is 2.90. The van der Waals surface area contributed by atoms with Gasteiger partial charge >= 0.3 is 0 Å². The summed E-state index contributed by atoms with van der Waals surface area (Å²) >= 11 is 0. The normalized spacial score (nSPS) is 49.1. The molecular formula is C14H25FO5Si. The molecule has 0 radical (unpaired) electrons. The number of halogens is 1. The fourth-order valence-corrected chi connectivity index (χ4v) is 4.53. The molecule has 5 atom stereocenters. The SMILES string of the molecule is CO[C@@H]1C[C@@]2(O)C[C@]3(F)O[C@]3(O[Si](C)(C)C(C)(C)C)[C@H]2O1. The highest BCUT2D eigenvalue weighted by molar-refractivity contribution is 6.74. The number of rotatable bonds is 3. The Morgan fingerprint density at radius 3 is 2.48 bits per heavy atom. The van der Waals surface area contributed by atoms with Crippen LogP contribution in [-0.4, -0.2) is 50.2 Å². The van der Waals surface area contributed by atoms with Crippen molar-refractivity contribution in [2.24, 2.45) is 0 Å². The molecule has 7 heteroatoms. The van der Waals surface area contributed by atoms with Crippen molar-refractivity contribution < 1.29 is 28.1 Å². The first-order valence-electron chi connectivity index (χ1n) is 7.39. The zero-order chi connectivity index (χ0) is 15.9. The van der Waals surface area contributed by atoms with E-state index in [-0.39, 0.29) is 17.9 Å². The molecule has 5 nitrogen and oxygen atoms in total. The van der Waals surface area contributed by atoms with Gasteiger partial charge in [-0.15, -0.1) is 0 Å². The Kier molecular flexibility index (Phi) is 3.07. The summed E-state index contributed by atoms with van der Waals surface area (Å²) in [6.45, 7) is 10.3. The summed E-state index contributed by atoms with van der Waals surface area (Å²) in [6.07, 6.45) is -1.27. The molecule has 0 aromatic rings. The Bertz CT molecular complexity index is 467. The van der Waals surface area contributed by atoms with Crippen LogP contribution in [0.15, 0.2) is 0 Å². The molecule has 0 unspecified atom stereocenters. The van der Waals surface area contributed by atoms with E-state index in [0.717, 1.165) is 0 Å². The molecule has 2 aliphatic heterocycles. The molecule has 0 aromatic carbocycles. The quantitative estimate of drug-likeness (QED) is 0.639. The van der Waals surface area contributed by atoms with Crippen LogP contribution < -0.4 is 0 Å². The summed E-state index contributed by atoms with van der Waals surface area (Å²) in [5, 5.41) is 10.6. The van der Waals surface area contributed by atoms with Crippen LogP contribution in [0.4, 0.5) is 4.39 Å².